The summed E-state index contributed by atoms with van der Waals surface area (Å²) < 4.78 is 85.9. The molecule has 0 spiro atoms. The van der Waals surface area contributed by atoms with Crippen molar-refractivity contribution in [2.75, 3.05) is 7.05 Å². The molecular formula is C16H13F4N5O4S. The van der Waals surface area contributed by atoms with Gasteiger partial charge in [0.2, 0.25) is 5.95 Å². The molecule has 9 nitrogen and oxygen atoms in total. The average Bonchev–Trinajstić information content (AvgIpc) is 3.33. The van der Waals surface area contributed by atoms with Crippen molar-refractivity contribution in [3.63, 3.8) is 0 Å². The molecular weight excluding hydrogens is 434 g/mol. The van der Waals surface area contributed by atoms with Crippen molar-refractivity contribution in [1.82, 2.24) is 24.1 Å². The second kappa shape index (κ2) is 8.14. The summed E-state index contributed by atoms with van der Waals surface area (Å²) in [7, 11) is -3.43. The Morgan fingerprint density at radius 2 is 2.03 bits per heavy atom. The van der Waals surface area contributed by atoms with E-state index in [9.17, 15) is 26.4 Å². The molecule has 0 radical (unpaired) electrons. The molecule has 0 aliphatic rings. The summed E-state index contributed by atoms with van der Waals surface area (Å²) in [5.41, 5.74) is -1.66. The third kappa shape index (κ3) is 3.85. The van der Waals surface area contributed by atoms with Gasteiger partial charge in [-0.05, 0) is 12.1 Å². The van der Waals surface area contributed by atoms with Crippen molar-refractivity contribution in [3.05, 3.63) is 54.2 Å². The molecule has 1 amide bonds. The van der Waals surface area contributed by atoms with Gasteiger partial charge in [-0.3, -0.25) is 0 Å². The van der Waals surface area contributed by atoms with E-state index in [0.29, 0.717) is 16.4 Å². The van der Waals surface area contributed by atoms with Gasteiger partial charge in [0.25, 0.3) is 10.0 Å². The van der Waals surface area contributed by atoms with E-state index < -0.39 is 62.8 Å². The molecule has 0 saturated carbocycles. The van der Waals surface area contributed by atoms with Gasteiger partial charge in [-0.25, -0.2) is 31.2 Å². The van der Waals surface area contributed by atoms with Crippen LogP contribution in [0.4, 0.5) is 22.4 Å². The molecule has 1 N–H and O–H groups in total. The molecule has 0 aromatic carbocycles. The van der Waals surface area contributed by atoms with Crippen LogP contribution in [0, 0.1) is 11.8 Å². The molecule has 0 saturated heterocycles. The zero-order valence-corrected chi connectivity index (χ0v) is 15.9. The Balaban J connectivity index is 2.18. The van der Waals surface area contributed by atoms with Gasteiger partial charge in [0, 0.05) is 25.0 Å². The maximum atomic E-state index is 15.1. The predicted molar refractivity (Wildman–Crippen MR) is 92.9 cm³/mol. The van der Waals surface area contributed by atoms with E-state index in [4.69, 9.17) is 4.74 Å². The summed E-state index contributed by atoms with van der Waals surface area (Å²) in [6.07, 6.45) is 2.10. The Hall–Kier alpha value is -3.42. The van der Waals surface area contributed by atoms with Crippen LogP contribution in [0.25, 0.3) is 11.3 Å². The van der Waals surface area contributed by atoms with Crippen LogP contribution in [0.1, 0.15) is 12.1 Å². The smallest absolute Gasteiger partial charge is 0.407 e. The number of aromatic nitrogens is 4. The monoisotopic (exact) mass is 447 g/mol. The minimum Gasteiger partial charge on any atom is -0.445 e. The van der Waals surface area contributed by atoms with Gasteiger partial charge in [-0.1, -0.05) is 0 Å². The van der Waals surface area contributed by atoms with Crippen LogP contribution in [-0.2, 0) is 21.4 Å². The largest absolute Gasteiger partial charge is 0.445 e. The number of nitrogens with one attached hydrogen (secondary N) is 1. The van der Waals surface area contributed by atoms with Crippen molar-refractivity contribution in [1.29, 1.82) is 0 Å². The van der Waals surface area contributed by atoms with Crippen LogP contribution in [-0.4, -0.2) is 40.3 Å². The molecule has 160 valence electrons. The molecule has 30 heavy (non-hydrogen) atoms. The lowest BCUT2D eigenvalue weighted by atomic mass is 10.2. The fraction of sp³-hybridized carbons (Fsp3) is 0.188. The molecule has 0 aliphatic heterocycles. The van der Waals surface area contributed by atoms with Gasteiger partial charge in [0.05, 0.1) is 18.0 Å². The van der Waals surface area contributed by atoms with E-state index in [1.165, 1.54) is 13.1 Å². The Morgan fingerprint density at radius 3 is 2.63 bits per heavy atom. The molecule has 0 fully saturated rings. The van der Waals surface area contributed by atoms with Crippen molar-refractivity contribution in [3.8, 4) is 11.3 Å². The van der Waals surface area contributed by atoms with Crippen LogP contribution in [0.15, 0.2) is 41.8 Å². The highest BCUT2D eigenvalue weighted by molar-refractivity contribution is 7.90. The Labute approximate surface area is 166 Å². The number of hydrogen-bond acceptors (Lipinski definition) is 6. The second-order valence-corrected chi connectivity index (χ2v) is 7.53. The van der Waals surface area contributed by atoms with E-state index >= 15 is 4.39 Å². The minimum atomic E-state index is -4.68. The highest BCUT2D eigenvalue weighted by Gasteiger charge is 2.30. The lowest BCUT2D eigenvalue weighted by Gasteiger charge is -2.09. The van der Waals surface area contributed by atoms with Gasteiger partial charge in [-0.15, -0.1) is 0 Å². The number of alkyl halides is 2. The molecule has 3 rings (SSSR count). The predicted octanol–water partition coefficient (Wildman–Crippen LogP) is 2.51. The quantitative estimate of drug-likeness (QED) is 0.460. The lowest BCUT2D eigenvalue weighted by molar-refractivity contribution is 0.0563. The lowest BCUT2D eigenvalue weighted by Crippen LogP contribution is -2.19. The Morgan fingerprint density at radius 1 is 1.30 bits per heavy atom. The summed E-state index contributed by atoms with van der Waals surface area (Å²) in [4.78, 5) is 13.9. The van der Waals surface area contributed by atoms with Crippen molar-refractivity contribution in [2.24, 2.45) is 0 Å². The van der Waals surface area contributed by atoms with Crippen molar-refractivity contribution in [2.45, 2.75) is 18.1 Å². The zero-order chi connectivity index (χ0) is 22.1. The molecule has 0 unspecified atom stereocenters. The van der Waals surface area contributed by atoms with Crippen LogP contribution in [0.5, 0.6) is 0 Å². The number of pyridine rings is 1. The van der Waals surface area contributed by atoms with E-state index in [0.717, 1.165) is 18.5 Å². The molecule has 0 aliphatic carbocycles. The zero-order valence-electron chi connectivity index (χ0n) is 15.1. The third-order valence-corrected chi connectivity index (χ3v) is 5.51. The molecule has 0 bridgehead atoms. The minimum absolute atomic E-state index is 0.0900. The summed E-state index contributed by atoms with van der Waals surface area (Å²) in [6, 6.07) is 2.33. The normalized spacial score (nSPS) is 11.7. The van der Waals surface area contributed by atoms with Crippen LogP contribution in [0.3, 0.4) is 0 Å². The molecule has 3 heterocycles. The number of carbonyl (C=O) groups is 1. The third-order valence-electron chi connectivity index (χ3n) is 3.90. The number of halogens is 4. The van der Waals surface area contributed by atoms with E-state index in [1.807, 2.05) is 0 Å². The number of rotatable bonds is 6. The highest BCUT2D eigenvalue weighted by atomic mass is 32.2. The van der Waals surface area contributed by atoms with Gasteiger partial charge >= 0.3 is 12.6 Å². The second-order valence-electron chi connectivity index (χ2n) is 5.72. The van der Waals surface area contributed by atoms with Crippen molar-refractivity contribution >= 4 is 16.1 Å². The summed E-state index contributed by atoms with van der Waals surface area (Å²) >= 11 is 0. The number of ether oxygens (including phenoxy) is 1. The molecule has 14 heteroatoms. The fourth-order valence-corrected chi connectivity index (χ4v) is 3.82. The first kappa shape index (κ1) is 21.3. The number of alkyl carbamates (subject to hydrolysis) is 1. The summed E-state index contributed by atoms with van der Waals surface area (Å²) in [5.74, 6) is -2.37. The number of nitrogens with zero attached hydrogens (tertiary/aromatic N) is 4. The fourth-order valence-electron chi connectivity index (χ4n) is 2.49. The number of hydrogen-bond donors (Lipinski definition) is 1. The van der Waals surface area contributed by atoms with Crippen LogP contribution >= 0.6 is 0 Å². The van der Waals surface area contributed by atoms with Crippen LogP contribution in [0.2, 0.25) is 0 Å². The topological polar surface area (TPSA) is 108 Å². The Bertz CT molecular complexity index is 1190. The maximum absolute atomic E-state index is 15.1. The highest BCUT2D eigenvalue weighted by Crippen LogP contribution is 2.32. The first-order valence-electron chi connectivity index (χ1n) is 8.09. The van der Waals surface area contributed by atoms with Gasteiger partial charge < -0.3 is 10.1 Å². The Kier molecular flexibility index (Phi) is 5.78. The maximum Gasteiger partial charge on any atom is 0.407 e. The van der Waals surface area contributed by atoms with E-state index in [2.05, 4.69) is 15.4 Å². The first-order valence-corrected chi connectivity index (χ1v) is 9.53. The van der Waals surface area contributed by atoms with Crippen LogP contribution < -0.4 is 5.32 Å². The standard InChI is InChI=1S/C16H13F4N5O4S/c1-21-16(26)29-8-9-6-25(13(12(9)17)11-3-2-4-22-14(11)18)30(27,28)10-5-23-24(7-10)15(19)20/h2-7,15H,8H2,1H3,(H,21,26). The number of carbonyl (C=O) groups excluding carboxylic acids is 1. The van der Waals surface area contributed by atoms with Crippen molar-refractivity contribution < 1.29 is 35.5 Å². The van der Waals surface area contributed by atoms with E-state index in [1.54, 1.807) is 0 Å². The molecule has 0 atom stereocenters. The van der Waals surface area contributed by atoms with Gasteiger partial charge in [-0.2, -0.15) is 18.3 Å². The average molecular weight is 447 g/mol. The van der Waals surface area contributed by atoms with Gasteiger partial charge in [0.15, 0.2) is 5.82 Å². The molecule has 3 aromatic rings. The number of amides is 1. The summed E-state index contributed by atoms with van der Waals surface area (Å²) in [6.45, 7) is -3.79. The van der Waals surface area contributed by atoms with E-state index in [-0.39, 0.29) is 4.68 Å². The molecule has 3 aromatic heterocycles. The van der Waals surface area contributed by atoms with Gasteiger partial charge in [0.1, 0.15) is 17.2 Å². The SMILES string of the molecule is CNC(=O)OCc1cn(S(=O)(=O)c2cnn(C(F)F)c2)c(-c2cccnc2F)c1F. The summed E-state index contributed by atoms with van der Waals surface area (Å²) in [5, 5.41) is 5.37. The first-order chi connectivity index (χ1) is 14.2.